The highest BCUT2D eigenvalue weighted by atomic mass is 32.1. The molecule has 0 aliphatic heterocycles. The lowest BCUT2D eigenvalue weighted by molar-refractivity contribution is 0.450. The Balaban J connectivity index is 2.23. The predicted molar refractivity (Wildman–Crippen MR) is 71.4 cm³/mol. The van der Waals surface area contributed by atoms with E-state index in [2.05, 4.69) is 39.9 Å². The molecule has 1 N–H and O–H groups in total. The lowest BCUT2D eigenvalue weighted by Crippen LogP contribution is -2.25. The quantitative estimate of drug-likeness (QED) is 0.798. The Morgan fingerprint density at radius 1 is 1.31 bits per heavy atom. The molecule has 1 heterocycles. The number of rotatable bonds is 1. The van der Waals surface area contributed by atoms with Crippen LogP contribution >= 0.6 is 11.3 Å². The van der Waals surface area contributed by atoms with Gasteiger partial charge in [0.1, 0.15) is 0 Å². The van der Waals surface area contributed by atoms with Gasteiger partial charge in [0.15, 0.2) is 5.13 Å². The van der Waals surface area contributed by atoms with Gasteiger partial charge in [0.05, 0.1) is 5.69 Å². The second-order valence-corrected chi connectivity index (χ2v) is 7.18. The van der Waals surface area contributed by atoms with E-state index < -0.39 is 0 Å². The van der Waals surface area contributed by atoms with Crippen LogP contribution in [0.3, 0.4) is 0 Å². The first-order valence-electron chi connectivity index (χ1n) is 6.13. The molecule has 1 aromatic rings. The highest BCUT2D eigenvalue weighted by Gasteiger charge is 2.26. The molecule has 1 aliphatic rings. The van der Waals surface area contributed by atoms with Gasteiger partial charge in [-0.3, -0.25) is 0 Å². The largest absolute Gasteiger partial charge is 0.357 e. The molecule has 0 radical (unpaired) electrons. The Bertz CT molecular complexity index is 376. The summed E-state index contributed by atoms with van der Waals surface area (Å²) in [5, 5.41) is 4.58. The van der Waals surface area contributed by atoms with E-state index in [9.17, 15) is 0 Å². The van der Waals surface area contributed by atoms with Crippen LogP contribution in [0.25, 0.3) is 0 Å². The summed E-state index contributed by atoms with van der Waals surface area (Å²) in [6.45, 7) is 11.2. The maximum absolute atomic E-state index is 4.74. The third-order valence-electron chi connectivity index (χ3n) is 2.95. The van der Waals surface area contributed by atoms with Crippen LogP contribution in [0.4, 0.5) is 5.13 Å². The van der Waals surface area contributed by atoms with Crippen molar-refractivity contribution in [1.29, 1.82) is 0 Å². The highest BCUT2D eigenvalue weighted by molar-refractivity contribution is 7.15. The number of nitrogens with one attached hydrogen (secondary N) is 1. The van der Waals surface area contributed by atoms with Gasteiger partial charge < -0.3 is 5.32 Å². The zero-order valence-electron chi connectivity index (χ0n) is 10.9. The number of fused-ring (bicyclic) bond motifs is 1. The van der Waals surface area contributed by atoms with Crippen LogP contribution in [-0.4, -0.2) is 10.5 Å². The van der Waals surface area contributed by atoms with Gasteiger partial charge in [0, 0.05) is 10.4 Å². The first-order valence-corrected chi connectivity index (χ1v) is 6.94. The van der Waals surface area contributed by atoms with Crippen LogP contribution in [0.5, 0.6) is 0 Å². The zero-order chi connectivity index (χ0) is 11.9. The van der Waals surface area contributed by atoms with E-state index in [1.807, 2.05) is 11.3 Å². The molecule has 0 spiro atoms. The summed E-state index contributed by atoms with van der Waals surface area (Å²) >= 11 is 1.85. The van der Waals surface area contributed by atoms with Crippen LogP contribution < -0.4 is 5.32 Å². The van der Waals surface area contributed by atoms with Gasteiger partial charge in [-0.2, -0.15) is 0 Å². The van der Waals surface area contributed by atoms with E-state index >= 15 is 0 Å². The first kappa shape index (κ1) is 11.9. The number of nitrogens with zero attached hydrogens (tertiary/aromatic N) is 1. The van der Waals surface area contributed by atoms with Crippen LogP contribution in [0.15, 0.2) is 0 Å². The molecule has 0 bridgehead atoms. The third kappa shape index (κ3) is 2.57. The third-order valence-corrected chi connectivity index (χ3v) is 4.20. The van der Waals surface area contributed by atoms with Gasteiger partial charge in [-0.15, -0.1) is 11.3 Å². The van der Waals surface area contributed by atoms with E-state index in [4.69, 9.17) is 4.98 Å². The van der Waals surface area contributed by atoms with Crippen molar-refractivity contribution in [1.82, 2.24) is 4.98 Å². The summed E-state index contributed by atoms with van der Waals surface area (Å²) in [6.07, 6.45) is 2.46. The Kier molecular flexibility index (Phi) is 2.99. The van der Waals surface area contributed by atoms with E-state index in [-0.39, 0.29) is 5.54 Å². The Morgan fingerprint density at radius 2 is 2.00 bits per heavy atom. The smallest absolute Gasteiger partial charge is 0.183 e. The van der Waals surface area contributed by atoms with Gasteiger partial charge in [-0.1, -0.05) is 13.8 Å². The number of hydrogen-bond acceptors (Lipinski definition) is 3. The summed E-state index contributed by atoms with van der Waals surface area (Å²) in [7, 11) is 0. The van der Waals surface area contributed by atoms with Crippen molar-refractivity contribution in [2.75, 3.05) is 5.32 Å². The summed E-state index contributed by atoms with van der Waals surface area (Å²) in [5.41, 5.74) is 1.44. The molecular formula is C13H22N2S. The molecule has 2 atom stereocenters. The average Bonchev–Trinajstić information content (AvgIpc) is 2.43. The zero-order valence-corrected chi connectivity index (χ0v) is 11.7. The molecule has 2 rings (SSSR count). The molecule has 0 saturated heterocycles. The number of hydrogen-bond donors (Lipinski definition) is 1. The fraction of sp³-hybridized carbons (Fsp3) is 0.769. The second kappa shape index (κ2) is 4.02. The second-order valence-electron chi connectivity index (χ2n) is 6.15. The summed E-state index contributed by atoms with van der Waals surface area (Å²) < 4.78 is 0. The van der Waals surface area contributed by atoms with Crippen LogP contribution in [0.1, 0.15) is 57.5 Å². The lowest BCUT2D eigenvalue weighted by Gasteiger charge is -2.22. The summed E-state index contributed by atoms with van der Waals surface area (Å²) in [4.78, 5) is 6.25. The van der Waals surface area contributed by atoms with Crippen molar-refractivity contribution >= 4 is 16.5 Å². The molecule has 16 heavy (non-hydrogen) atoms. The lowest BCUT2D eigenvalue weighted by atomic mass is 9.86. The van der Waals surface area contributed by atoms with Crippen molar-refractivity contribution in [2.24, 2.45) is 5.92 Å². The summed E-state index contributed by atoms with van der Waals surface area (Å²) in [5.74, 6) is 1.47. The Labute approximate surface area is 102 Å². The minimum atomic E-state index is 0.106. The van der Waals surface area contributed by atoms with E-state index in [1.54, 1.807) is 0 Å². The van der Waals surface area contributed by atoms with Crippen LogP contribution in [0.2, 0.25) is 0 Å². The SMILES string of the molecule is CC1Cc2nc(NC(C)(C)C)sc2C(C)C1. The Hall–Kier alpha value is -0.570. The van der Waals surface area contributed by atoms with E-state index in [0.717, 1.165) is 17.5 Å². The van der Waals surface area contributed by atoms with Gasteiger partial charge in [-0.05, 0) is 45.4 Å². The van der Waals surface area contributed by atoms with Crippen molar-refractivity contribution in [3.8, 4) is 0 Å². The maximum atomic E-state index is 4.74. The molecule has 0 saturated carbocycles. The highest BCUT2D eigenvalue weighted by Crippen LogP contribution is 2.39. The minimum absolute atomic E-state index is 0.106. The van der Waals surface area contributed by atoms with Gasteiger partial charge in [-0.25, -0.2) is 4.98 Å². The molecule has 1 aromatic heterocycles. The van der Waals surface area contributed by atoms with Crippen molar-refractivity contribution in [3.63, 3.8) is 0 Å². The van der Waals surface area contributed by atoms with Crippen LogP contribution in [0, 0.1) is 5.92 Å². The van der Waals surface area contributed by atoms with Crippen molar-refractivity contribution < 1.29 is 0 Å². The molecule has 2 unspecified atom stereocenters. The Morgan fingerprint density at radius 3 is 2.62 bits per heavy atom. The molecule has 3 heteroatoms. The van der Waals surface area contributed by atoms with E-state index in [1.165, 1.54) is 17.0 Å². The van der Waals surface area contributed by atoms with Crippen molar-refractivity contribution in [3.05, 3.63) is 10.6 Å². The number of anilines is 1. The predicted octanol–water partition coefficient (Wildman–Crippen LogP) is 4.04. The normalized spacial score (nSPS) is 25.3. The topological polar surface area (TPSA) is 24.9 Å². The maximum Gasteiger partial charge on any atom is 0.183 e. The number of thiazole rings is 1. The molecule has 0 aromatic carbocycles. The van der Waals surface area contributed by atoms with E-state index in [0.29, 0.717) is 5.92 Å². The minimum Gasteiger partial charge on any atom is -0.357 e. The molecule has 2 nitrogen and oxygen atoms in total. The van der Waals surface area contributed by atoms with Gasteiger partial charge in [0.25, 0.3) is 0 Å². The monoisotopic (exact) mass is 238 g/mol. The molecule has 90 valence electrons. The van der Waals surface area contributed by atoms with Crippen molar-refractivity contribution in [2.45, 2.75) is 58.9 Å². The molecule has 0 fully saturated rings. The molecule has 0 amide bonds. The van der Waals surface area contributed by atoms with Gasteiger partial charge in [0.2, 0.25) is 0 Å². The fourth-order valence-electron chi connectivity index (χ4n) is 2.39. The summed E-state index contributed by atoms with van der Waals surface area (Å²) in [6, 6.07) is 0. The average molecular weight is 238 g/mol. The van der Waals surface area contributed by atoms with Crippen LogP contribution in [-0.2, 0) is 6.42 Å². The standard InChI is InChI=1S/C13H22N2S/c1-8-6-9(2)11-10(7-8)14-12(16-11)15-13(3,4)5/h8-9H,6-7H2,1-5H3,(H,14,15). The molecular weight excluding hydrogens is 216 g/mol. The molecule has 1 aliphatic carbocycles. The first-order chi connectivity index (χ1) is 7.35. The number of aromatic nitrogens is 1. The fourth-order valence-corrected chi connectivity index (χ4v) is 3.66. The van der Waals surface area contributed by atoms with Gasteiger partial charge >= 0.3 is 0 Å².